The normalized spacial score (nSPS) is 19.3. The van der Waals surface area contributed by atoms with Crippen LogP contribution in [-0.2, 0) is 9.53 Å². The van der Waals surface area contributed by atoms with E-state index >= 15 is 0 Å². The van der Waals surface area contributed by atoms with Crippen molar-refractivity contribution in [2.24, 2.45) is 5.41 Å². The van der Waals surface area contributed by atoms with E-state index < -0.39 is 5.41 Å². The molecule has 0 aromatic rings. The molecule has 1 heterocycles. The Morgan fingerprint density at radius 2 is 2.21 bits per heavy atom. The fraction of sp³-hybridized carbons (Fsp3) is 0.600. The molecule has 4 heteroatoms. The lowest BCUT2D eigenvalue weighted by molar-refractivity contribution is -0.122. The van der Waals surface area contributed by atoms with E-state index in [1.54, 1.807) is 20.8 Å². The molecule has 76 valence electrons. The maximum absolute atomic E-state index is 11.8. The van der Waals surface area contributed by atoms with E-state index in [0.29, 0.717) is 19.0 Å². The minimum Gasteiger partial charge on any atom is -0.476 e. The van der Waals surface area contributed by atoms with Gasteiger partial charge in [0.25, 0.3) is 0 Å². The summed E-state index contributed by atoms with van der Waals surface area (Å²) < 4.78 is 5.15. The third-order valence-corrected chi connectivity index (χ3v) is 1.88. The maximum Gasteiger partial charge on any atom is 0.209 e. The van der Waals surface area contributed by atoms with Gasteiger partial charge in [0.15, 0.2) is 11.4 Å². The molecular formula is C10H14N2O2. The van der Waals surface area contributed by atoms with E-state index in [0.717, 1.165) is 0 Å². The summed E-state index contributed by atoms with van der Waals surface area (Å²) >= 11 is 0. The largest absolute Gasteiger partial charge is 0.476 e. The molecule has 0 radical (unpaired) electrons. The highest BCUT2D eigenvalue weighted by atomic mass is 16.5. The molecule has 1 N–H and O–H groups in total. The molecular weight excluding hydrogens is 180 g/mol. The number of nitriles is 1. The van der Waals surface area contributed by atoms with Crippen molar-refractivity contribution < 1.29 is 9.53 Å². The summed E-state index contributed by atoms with van der Waals surface area (Å²) in [5, 5.41) is 11.7. The predicted octanol–water partition coefficient (Wildman–Crippen LogP) is 0.957. The van der Waals surface area contributed by atoms with Crippen LogP contribution in [0.15, 0.2) is 11.5 Å². The molecule has 0 aromatic carbocycles. The zero-order valence-electron chi connectivity index (χ0n) is 8.68. The van der Waals surface area contributed by atoms with E-state index in [-0.39, 0.29) is 11.4 Å². The number of nitrogens with zero attached hydrogens (tertiary/aromatic N) is 1. The third-order valence-electron chi connectivity index (χ3n) is 1.88. The highest BCUT2D eigenvalue weighted by molar-refractivity contribution is 6.02. The van der Waals surface area contributed by atoms with Crippen LogP contribution in [0.4, 0.5) is 0 Å². The van der Waals surface area contributed by atoms with Gasteiger partial charge in [0.1, 0.15) is 12.7 Å². The molecule has 0 bridgehead atoms. The van der Waals surface area contributed by atoms with Crippen molar-refractivity contribution in [3.05, 3.63) is 11.5 Å². The van der Waals surface area contributed by atoms with Gasteiger partial charge >= 0.3 is 0 Å². The monoisotopic (exact) mass is 194 g/mol. The van der Waals surface area contributed by atoms with Crippen LogP contribution in [0.25, 0.3) is 0 Å². The highest BCUT2D eigenvalue weighted by Crippen LogP contribution is 2.22. The molecule has 0 atom stereocenters. The topological polar surface area (TPSA) is 62.1 Å². The van der Waals surface area contributed by atoms with Gasteiger partial charge in [-0.15, -0.1) is 0 Å². The fourth-order valence-corrected chi connectivity index (χ4v) is 1.11. The summed E-state index contributed by atoms with van der Waals surface area (Å²) in [6.45, 7) is 6.50. The Kier molecular flexibility index (Phi) is 2.80. The van der Waals surface area contributed by atoms with Crippen LogP contribution in [0.2, 0.25) is 0 Å². The zero-order valence-corrected chi connectivity index (χ0v) is 8.68. The Bertz CT molecular complexity index is 310. The molecule has 1 fully saturated rings. The number of Topliss-reactive ketones (excluding diaryl/α,β-unsaturated/α-hetero) is 1. The molecule has 1 saturated heterocycles. The van der Waals surface area contributed by atoms with Gasteiger partial charge in [0.2, 0.25) is 5.88 Å². The van der Waals surface area contributed by atoms with Gasteiger partial charge < -0.3 is 10.1 Å². The van der Waals surface area contributed by atoms with Gasteiger partial charge in [0, 0.05) is 5.41 Å². The average Bonchev–Trinajstić information content (AvgIpc) is 2.57. The molecule has 1 aliphatic rings. The first kappa shape index (κ1) is 10.6. The molecule has 14 heavy (non-hydrogen) atoms. The predicted molar refractivity (Wildman–Crippen MR) is 51.1 cm³/mol. The Balaban J connectivity index is 2.99. The van der Waals surface area contributed by atoms with Gasteiger partial charge in [-0.3, -0.25) is 4.79 Å². The van der Waals surface area contributed by atoms with Crippen molar-refractivity contribution in [3.63, 3.8) is 0 Å². The fourth-order valence-electron chi connectivity index (χ4n) is 1.11. The quantitative estimate of drug-likeness (QED) is 0.499. The molecule has 4 nitrogen and oxygen atoms in total. The van der Waals surface area contributed by atoms with Crippen LogP contribution < -0.4 is 5.32 Å². The van der Waals surface area contributed by atoms with E-state index in [4.69, 9.17) is 10.00 Å². The van der Waals surface area contributed by atoms with E-state index in [1.165, 1.54) is 0 Å². The molecule has 1 aliphatic heterocycles. The third kappa shape index (κ3) is 2.05. The Morgan fingerprint density at radius 3 is 2.57 bits per heavy atom. The molecule has 0 aromatic heterocycles. The Labute approximate surface area is 83.5 Å². The number of hydrogen-bond acceptors (Lipinski definition) is 4. The number of carbonyl (C=O) groups excluding carboxylic acids is 1. The van der Waals surface area contributed by atoms with Crippen molar-refractivity contribution in [1.29, 1.82) is 5.26 Å². The van der Waals surface area contributed by atoms with Crippen LogP contribution in [0, 0.1) is 16.7 Å². The first-order chi connectivity index (χ1) is 6.46. The van der Waals surface area contributed by atoms with Crippen molar-refractivity contribution >= 4 is 5.78 Å². The standard InChI is InChI=1S/C10H14N2O2/c1-10(2,3)8(13)7(6-11)9-12-4-5-14-9/h12H,4-5H2,1-3H3/b9-7+. The summed E-state index contributed by atoms with van der Waals surface area (Å²) in [5.74, 6) is 0.136. The van der Waals surface area contributed by atoms with Gasteiger partial charge in [-0.1, -0.05) is 20.8 Å². The SMILES string of the molecule is CC(C)(C)C(=O)/C(C#N)=C1\NCCO1. The van der Waals surface area contributed by atoms with Gasteiger partial charge in [-0.25, -0.2) is 0 Å². The molecule has 1 rings (SSSR count). The minimum atomic E-state index is -0.550. The number of allylic oxidation sites excluding steroid dienone is 1. The van der Waals surface area contributed by atoms with Gasteiger partial charge in [-0.2, -0.15) is 5.26 Å². The number of ether oxygens (including phenoxy) is 1. The summed E-state index contributed by atoms with van der Waals surface area (Å²) in [5.41, 5.74) is -0.457. The minimum absolute atomic E-state index is 0.0926. The van der Waals surface area contributed by atoms with Crippen LogP contribution in [0.1, 0.15) is 20.8 Å². The number of rotatable bonds is 1. The van der Waals surface area contributed by atoms with Crippen LogP contribution in [0.5, 0.6) is 0 Å². The molecule has 0 amide bonds. The summed E-state index contributed by atoms with van der Waals surface area (Å²) in [7, 11) is 0. The summed E-state index contributed by atoms with van der Waals surface area (Å²) in [6.07, 6.45) is 0. The lowest BCUT2D eigenvalue weighted by atomic mass is 9.87. The second-order valence-corrected chi connectivity index (χ2v) is 4.17. The number of nitrogens with one attached hydrogen (secondary N) is 1. The molecule has 0 aliphatic carbocycles. The number of ketones is 1. The van der Waals surface area contributed by atoms with Crippen molar-refractivity contribution in [2.45, 2.75) is 20.8 Å². The van der Waals surface area contributed by atoms with E-state index in [2.05, 4.69) is 5.32 Å². The lowest BCUT2D eigenvalue weighted by Crippen LogP contribution is -2.24. The van der Waals surface area contributed by atoms with E-state index in [9.17, 15) is 4.79 Å². The lowest BCUT2D eigenvalue weighted by Gasteiger charge is -2.16. The summed E-state index contributed by atoms with van der Waals surface area (Å²) in [6, 6.07) is 1.89. The number of carbonyl (C=O) groups is 1. The first-order valence-electron chi connectivity index (χ1n) is 4.52. The van der Waals surface area contributed by atoms with E-state index in [1.807, 2.05) is 6.07 Å². The second-order valence-electron chi connectivity index (χ2n) is 4.17. The first-order valence-corrected chi connectivity index (χ1v) is 4.52. The van der Waals surface area contributed by atoms with Gasteiger partial charge in [-0.05, 0) is 0 Å². The number of hydrogen-bond donors (Lipinski definition) is 1. The molecule has 0 spiro atoms. The van der Waals surface area contributed by atoms with Crippen LogP contribution >= 0.6 is 0 Å². The smallest absolute Gasteiger partial charge is 0.209 e. The Morgan fingerprint density at radius 1 is 1.57 bits per heavy atom. The van der Waals surface area contributed by atoms with Crippen LogP contribution in [-0.4, -0.2) is 18.9 Å². The van der Waals surface area contributed by atoms with Crippen LogP contribution in [0.3, 0.4) is 0 Å². The molecule has 0 saturated carbocycles. The highest BCUT2D eigenvalue weighted by Gasteiger charge is 2.29. The van der Waals surface area contributed by atoms with Gasteiger partial charge in [0.05, 0.1) is 6.54 Å². The van der Waals surface area contributed by atoms with Crippen molar-refractivity contribution in [2.75, 3.05) is 13.2 Å². The average molecular weight is 194 g/mol. The maximum atomic E-state index is 11.8. The molecule has 0 unspecified atom stereocenters. The second kappa shape index (κ2) is 3.70. The zero-order chi connectivity index (χ0) is 10.8. The summed E-state index contributed by atoms with van der Waals surface area (Å²) in [4.78, 5) is 11.8. The Hall–Kier alpha value is -1.50. The van der Waals surface area contributed by atoms with Crippen molar-refractivity contribution in [3.8, 4) is 6.07 Å². The van der Waals surface area contributed by atoms with Crippen molar-refractivity contribution in [1.82, 2.24) is 5.32 Å².